The fourth-order valence-corrected chi connectivity index (χ4v) is 0.811. The lowest BCUT2D eigenvalue weighted by molar-refractivity contribution is -0.0587. The zero-order chi connectivity index (χ0) is 10.9. The molecule has 14 heavy (non-hydrogen) atoms. The second kappa shape index (κ2) is 3.13. The summed E-state index contributed by atoms with van der Waals surface area (Å²) in [7, 11) is 0. The highest BCUT2D eigenvalue weighted by Gasteiger charge is 2.38. The first kappa shape index (κ1) is 10.2. The van der Waals surface area contributed by atoms with E-state index in [0.29, 0.717) is 0 Å². The van der Waals surface area contributed by atoms with Crippen molar-refractivity contribution >= 4 is 17.3 Å². The molecule has 0 unspecified atom stereocenters. The van der Waals surface area contributed by atoms with E-state index in [0.717, 1.165) is 6.33 Å². The van der Waals surface area contributed by atoms with E-state index in [9.17, 15) is 13.2 Å². The normalized spacial score (nSPS) is 11.4. The maximum absolute atomic E-state index is 12.1. The molecule has 1 heterocycles. The summed E-state index contributed by atoms with van der Waals surface area (Å²) in [5.41, 5.74) is 7.97. The topological polar surface area (TPSA) is 102 Å². The van der Waals surface area contributed by atoms with Crippen LogP contribution in [0.3, 0.4) is 0 Å². The van der Waals surface area contributed by atoms with E-state index in [1.807, 2.05) is 0 Å². The molecule has 0 fully saturated rings. The molecule has 1 aromatic rings. The summed E-state index contributed by atoms with van der Waals surface area (Å²) in [6.45, 7) is 0. The number of aromatic nitrogens is 2. The molecule has 5 nitrogen and oxygen atoms in total. The molecule has 0 aliphatic rings. The summed E-state index contributed by atoms with van der Waals surface area (Å²) in [5.74, 6) is -0.917. The standard InChI is InChI=1S/C6H6F3N5/c7-6(8,9)3(10)2-4(11)13-1-14-5(2)12/h1,10H,(H4,11,12,13,14). The van der Waals surface area contributed by atoms with E-state index in [4.69, 9.17) is 16.9 Å². The Hall–Kier alpha value is -1.86. The molecular formula is C6H6F3N5. The van der Waals surface area contributed by atoms with Gasteiger partial charge in [-0.1, -0.05) is 0 Å². The summed E-state index contributed by atoms with van der Waals surface area (Å²) >= 11 is 0. The monoisotopic (exact) mass is 205 g/mol. The van der Waals surface area contributed by atoms with Crippen LogP contribution in [-0.4, -0.2) is 21.9 Å². The number of hydrogen-bond donors (Lipinski definition) is 3. The predicted molar refractivity (Wildman–Crippen MR) is 43.7 cm³/mol. The molecule has 1 aromatic heterocycles. The molecule has 5 N–H and O–H groups in total. The van der Waals surface area contributed by atoms with E-state index < -0.39 is 29.1 Å². The highest BCUT2D eigenvalue weighted by Crippen LogP contribution is 2.26. The zero-order valence-electron chi connectivity index (χ0n) is 6.76. The van der Waals surface area contributed by atoms with Gasteiger partial charge in [0, 0.05) is 0 Å². The SMILES string of the molecule is N=C(c1c(N)ncnc1N)C(F)(F)F. The molecule has 0 saturated heterocycles. The maximum Gasteiger partial charge on any atom is 0.433 e. The van der Waals surface area contributed by atoms with Gasteiger partial charge < -0.3 is 11.5 Å². The van der Waals surface area contributed by atoms with Crippen molar-refractivity contribution in [3.63, 3.8) is 0 Å². The van der Waals surface area contributed by atoms with Gasteiger partial charge in [-0.2, -0.15) is 13.2 Å². The van der Waals surface area contributed by atoms with Crippen molar-refractivity contribution in [3.8, 4) is 0 Å². The largest absolute Gasteiger partial charge is 0.433 e. The smallest absolute Gasteiger partial charge is 0.383 e. The second-order valence-electron chi connectivity index (χ2n) is 2.39. The van der Waals surface area contributed by atoms with Gasteiger partial charge in [0.05, 0.1) is 5.56 Å². The summed E-state index contributed by atoms with van der Waals surface area (Å²) in [5, 5.41) is 6.80. The number of nitrogens with zero attached hydrogens (tertiary/aromatic N) is 2. The molecule has 0 atom stereocenters. The third kappa shape index (κ3) is 1.73. The summed E-state index contributed by atoms with van der Waals surface area (Å²) in [4.78, 5) is 6.64. The van der Waals surface area contributed by atoms with Crippen molar-refractivity contribution in [2.24, 2.45) is 0 Å². The van der Waals surface area contributed by atoms with Crippen LogP contribution in [0.5, 0.6) is 0 Å². The van der Waals surface area contributed by atoms with Gasteiger partial charge in [0.1, 0.15) is 18.0 Å². The number of rotatable bonds is 1. The number of nitrogens with two attached hydrogens (primary N) is 2. The van der Waals surface area contributed by atoms with Crippen molar-refractivity contribution in [2.45, 2.75) is 6.18 Å². The van der Waals surface area contributed by atoms with Crippen LogP contribution >= 0.6 is 0 Å². The number of anilines is 2. The Bertz CT molecular complexity index is 352. The lowest BCUT2D eigenvalue weighted by atomic mass is 10.1. The van der Waals surface area contributed by atoms with Gasteiger partial charge in [-0.05, 0) is 0 Å². The molecule has 0 amide bonds. The first-order valence-corrected chi connectivity index (χ1v) is 3.36. The minimum absolute atomic E-state index is 0.458. The molecule has 0 aliphatic heterocycles. The van der Waals surface area contributed by atoms with E-state index in [-0.39, 0.29) is 0 Å². The average Bonchev–Trinajstić information content (AvgIpc) is 2.01. The van der Waals surface area contributed by atoms with Gasteiger partial charge in [0.15, 0.2) is 5.71 Å². The lowest BCUT2D eigenvalue weighted by Gasteiger charge is -2.10. The van der Waals surface area contributed by atoms with Crippen molar-refractivity contribution in [3.05, 3.63) is 11.9 Å². The average molecular weight is 205 g/mol. The minimum Gasteiger partial charge on any atom is -0.383 e. The number of nitrogen functional groups attached to an aromatic ring is 2. The van der Waals surface area contributed by atoms with Crippen molar-refractivity contribution in [2.75, 3.05) is 11.5 Å². The molecule has 8 heteroatoms. The molecule has 0 spiro atoms. The third-order valence-corrected chi connectivity index (χ3v) is 1.44. The third-order valence-electron chi connectivity index (χ3n) is 1.44. The van der Waals surface area contributed by atoms with Gasteiger partial charge >= 0.3 is 6.18 Å². The molecule has 0 aromatic carbocycles. The van der Waals surface area contributed by atoms with Crippen molar-refractivity contribution in [1.82, 2.24) is 9.97 Å². The highest BCUT2D eigenvalue weighted by atomic mass is 19.4. The van der Waals surface area contributed by atoms with Gasteiger partial charge in [0.25, 0.3) is 0 Å². The van der Waals surface area contributed by atoms with Crippen molar-refractivity contribution < 1.29 is 13.2 Å². The molecule has 0 bridgehead atoms. The Labute approximate surface area is 76.5 Å². The Morgan fingerprint density at radius 1 is 1.21 bits per heavy atom. The summed E-state index contributed by atoms with van der Waals surface area (Å²) in [6.07, 6.45) is -3.88. The summed E-state index contributed by atoms with van der Waals surface area (Å²) in [6, 6.07) is 0. The molecule has 0 aliphatic carbocycles. The molecule has 0 radical (unpaired) electrons. The molecular weight excluding hydrogens is 199 g/mol. The molecule has 0 saturated carbocycles. The minimum atomic E-state index is -4.81. The Balaban J connectivity index is 3.26. The van der Waals surface area contributed by atoms with Crippen LogP contribution in [0.15, 0.2) is 6.33 Å². The van der Waals surface area contributed by atoms with E-state index in [1.54, 1.807) is 0 Å². The van der Waals surface area contributed by atoms with E-state index in [2.05, 4.69) is 9.97 Å². The first-order chi connectivity index (χ1) is 6.34. The zero-order valence-corrected chi connectivity index (χ0v) is 6.76. The van der Waals surface area contributed by atoms with Gasteiger partial charge in [-0.15, -0.1) is 0 Å². The Morgan fingerprint density at radius 3 is 2.00 bits per heavy atom. The summed E-state index contributed by atoms with van der Waals surface area (Å²) < 4.78 is 36.3. The van der Waals surface area contributed by atoms with E-state index >= 15 is 0 Å². The van der Waals surface area contributed by atoms with Crippen LogP contribution in [0.4, 0.5) is 24.8 Å². The number of halogens is 3. The number of hydrogen-bond acceptors (Lipinski definition) is 5. The second-order valence-corrected chi connectivity index (χ2v) is 2.39. The Morgan fingerprint density at radius 2 is 1.64 bits per heavy atom. The first-order valence-electron chi connectivity index (χ1n) is 3.36. The van der Waals surface area contributed by atoms with Crippen LogP contribution in [-0.2, 0) is 0 Å². The van der Waals surface area contributed by atoms with Crippen LogP contribution in [0, 0.1) is 5.41 Å². The fraction of sp³-hybridized carbons (Fsp3) is 0.167. The van der Waals surface area contributed by atoms with Crippen LogP contribution < -0.4 is 11.5 Å². The van der Waals surface area contributed by atoms with Crippen LogP contribution in [0.25, 0.3) is 0 Å². The van der Waals surface area contributed by atoms with Crippen LogP contribution in [0.2, 0.25) is 0 Å². The van der Waals surface area contributed by atoms with Crippen molar-refractivity contribution in [1.29, 1.82) is 5.41 Å². The lowest BCUT2D eigenvalue weighted by Crippen LogP contribution is -2.25. The predicted octanol–water partition coefficient (Wildman–Crippen LogP) is 0.571. The van der Waals surface area contributed by atoms with E-state index in [1.165, 1.54) is 0 Å². The van der Waals surface area contributed by atoms with Gasteiger partial charge in [-0.3, -0.25) is 5.41 Å². The Kier molecular flexibility index (Phi) is 2.28. The quantitative estimate of drug-likeness (QED) is 0.583. The molecule has 76 valence electrons. The number of alkyl halides is 3. The maximum atomic E-state index is 12.1. The van der Waals surface area contributed by atoms with Crippen LogP contribution in [0.1, 0.15) is 5.56 Å². The molecule has 1 rings (SSSR count). The highest BCUT2D eigenvalue weighted by molar-refractivity contribution is 6.08. The fourth-order valence-electron chi connectivity index (χ4n) is 0.811. The van der Waals surface area contributed by atoms with Gasteiger partial charge in [-0.25, -0.2) is 9.97 Å². The number of nitrogens with one attached hydrogen (secondary N) is 1. The van der Waals surface area contributed by atoms with Gasteiger partial charge in [0.2, 0.25) is 0 Å².